The van der Waals surface area contributed by atoms with Crippen molar-refractivity contribution in [2.24, 2.45) is 0 Å². The van der Waals surface area contributed by atoms with Gasteiger partial charge in [-0.2, -0.15) is 0 Å². The van der Waals surface area contributed by atoms with Gasteiger partial charge in [0, 0.05) is 13.0 Å². The third-order valence-electron chi connectivity index (χ3n) is 2.29. The van der Waals surface area contributed by atoms with E-state index in [0.717, 1.165) is 0 Å². The molecule has 9 heteroatoms. The number of carboxylic acid groups (broad SMARTS) is 2. The topological polar surface area (TPSA) is 145 Å². The maximum atomic E-state index is 11.4. The summed E-state index contributed by atoms with van der Waals surface area (Å²) in [6.07, 6.45) is -0.602. The Morgan fingerprint density at radius 3 is 2.50 bits per heavy atom. The number of hydrogen-bond donors (Lipinski definition) is 5. The monoisotopic (exact) mass is 259 g/mol. The van der Waals surface area contributed by atoms with Crippen LogP contribution in [0.25, 0.3) is 0 Å². The third-order valence-corrected chi connectivity index (χ3v) is 2.29. The fourth-order valence-corrected chi connectivity index (χ4v) is 1.47. The van der Waals surface area contributed by atoms with Crippen molar-refractivity contribution in [1.29, 1.82) is 0 Å². The summed E-state index contributed by atoms with van der Waals surface area (Å²) in [5, 5.41) is 24.1. The number of hydrogen-bond acceptors (Lipinski definition) is 4. The highest BCUT2D eigenvalue weighted by Gasteiger charge is 2.26. The van der Waals surface area contributed by atoms with Crippen molar-refractivity contribution >= 4 is 23.9 Å². The molecule has 3 amide bonds. The number of aliphatic carboxylic acids is 2. The molecule has 1 aliphatic heterocycles. The highest BCUT2D eigenvalue weighted by Crippen LogP contribution is 1.99. The lowest BCUT2D eigenvalue weighted by Crippen LogP contribution is -2.50. The van der Waals surface area contributed by atoms with E-state index in [4.69, 9.17) is 10.2 Å². The standard InChI is InChI=1S/C9H13N3O6/c13-6-1-4(3-10-6)11-9(18)12-5(8(16)17)2-7(14)15/h4-5H,1-3H2,(H,10,13)(H,14,15)(H,16,17)(H2,11,12,18)/t4?,5-/m0/s1. The van der Waals surface area contributed by atoms with Crippen molar-refractivity contribution < 1.29 is 29.4 Å². The molecule has 0 aromatic carbocycles. The van der Waals surface area contributed by atoms with Gasteiger partial charge < -0.3 is 26.2 Å². The molecule has 1 aliphatic rings. The van der Waals surface area contributed by atoms with Gasteiger partial charge in [0.2, 0.25) is 5.91 Å². The molecule has 1 saturated heterocycles. The summed E-state index contributed by atoms with van der Waals surface area (Å²) in [4.78, 5) is 43.3. The predicted octanol–water partition coefficient (Wildman–Crippen LogP) is -1.90. The number of carboxylic acids is 2. The van der Waals surface area contributed by atoms with Crippen molar-refractivity contribution in [3.05, 3.63) is 0 Å². The molecule has 2 atom stereocenters. The number of amides is 3. The quantitative estimate of drug-likeness (QED) is 0.390. The number of carbonyl (C=O) groups is 4. The minimum Gasteiger partial charge on any atom is -0.481 e. The normalized spacial score (nSPS) is 19.8. The molecule has 0 aliphatic carbocycles. The minimum atomic E-state index is -1.51. The van der Waals surface area contributed by atoms with E-state index in [-0.39, 0.29) is 18.9 Å². The molecule has 9 nitrogen and oxygen atoms in total. The molecule has 1 fully saturated rings. The van der Waals surface area contributed by atoms with Crippen LogP contribution in [0.4, 0.5) is 4.79 Å². The fraction of sp³-hybridized carbons (Fsp3) is 0.556. The maximum Gasteiger partial charge on any atom is 0.326 e. The van der Waals surface area contributed by atoms with E-state index in [1.54, 1.807) is 0 Å². The lowest BCUT2D eigenvalue weighted by molar-refractivity contribution is -0.145. The van der Waals surface area contributed by atoms with Crippen LogP contribution in [0.3, 0.4) is 0 Å². The van der Waals surface area contributed by atoms with Crippen LogP contribution in [0.2, 0.25) is 0 Å². The highest BCUT2D eigenvalue weighted by atomic mass is 16.4. The van der Waals surface area contributed by atoms with Crippen molar-refractivity contribution in [2.45, 2.75) is 24.9 Å². The summed E-state index contributed by atoms with van der Waals surface area (Å²) in [5.74, 6) is -2.98. The Kier molecular flexibility index (Phi) is 4.46. The molecule has 1 unspecified atom stereocenters. The molecule has 0 bridgehead atoms. The molecule has 0 spiro atoms. The maximum absolute atomic E-state index is 11.4. The van der Waals surface area contributed by atoms with E-state index < -0.39 is 36.5 Å². The lowest BCUT2D eigenvalue weighted by atomic mass is 10.2. The summed E-state index contributed by atoms with van der Waals surface area (Å²) < 4.78 is 0. The van der Waals surface area contributed by atoms with Crippen molar-refractivity contribution in [2.75, 3.05) is 6.54 Å². The van der Waals surface area contributed by atoms with Gasteiger partial charge in [0.25, 0.3) is 0 Å². The van der Waals surface area contributed by atoms with Gasteiger partial charge in [-0.15, -0.1) is 0 Å². The number of carbonyl (C=O) groups excluding carboxylic acids is 2. The van der Waals surface area contributed by atoms with E-state index in [9.17, 15) is 19.2 Å². The smallest absolute Gasteiger partial charge is 0.326 e. The van der Waals surface area contributed by atoms with Crippen molar-refractivity contribution in [3.63, 3.8) is 0 Å². The van der Waals surface area contributed by atoms with Crippen LogP contribution in [-0.2, 0) is 14.4 Å². The summed E-state index contributed by atoms with van der Waals surface area (Å²) in [6.45, 7) is 0.267. The summed E-state index contributed by atoms with van der Waals surface area (Å²) in [7, 11) is 0. The fourth-order valence-electron chi connectivity index (χ4n) is 1.47. The SMILES string of the molecule is O=C(O)C[C@H](NC(=O)NC1CNC(=O)C1)C(=O)O. The van der Waals surface area contributed by atoms with Gasteiger partial charge >= 0.3 is 18.0 Å². The summed E-state index contributed by atoms with van der Waals surface area (Å²) >= 11 is 0. The van der Waals surface area contributed by atoms with Crippen LogP contribution in [0.15, 0.2) is 0 Å². The van der Waals surface area contributed by atoms with Gasteiger partial charge in [-0.1, -0.05) is 0 Å². The number of urea groups is 1. The van der Waals surface area contributed by atoms with Crippen molar-refractivity contribution in [1.82, 2.24) is 16.0 Å². The Bertz CT molecular complexity index is 382. The van der Waals surface area contributed by atoms with Gasteiger partial charge in [0.1, 0.15) is 6.04 Å². The van der Waals surface area contributed by atoms with E-state index in [0.29, 0.717) is 0 Å². The Balaban J connectivity index is 2.43. The Hall–Kier alpha value is -2.32. The molecule has 0 aromatic heterocycles. The van der Waals surface area contributed by atoms with Crippen LogP contribution in [-0.4, -0.2) is 52.7 Å². The minimum absolute atomic E-state index is 0.115. The Morgan fingerprint density at radius 2 is 2.06 bits per heavy atom. The molecule has 18 heavy (non-hydrogen) atoms. The average Bonchev–Trinajstić information content (AvgIpc) is 2.62. The largest absolute Gasteiger partial charge is 0.481 e. The van der Waals surface area contributed by atoms with Gasteiger partial charge in [-0.25, -0.2) is 9.59 Å². The van der Waals surface area contributed by atoms with E-state index in [1.165, 1.54) is 0 Å². The zero-order chi connectivity index (χ0) is 13.7. The van der Waals surface area contributed by atoms with Crippen LogP contribution in [0.1, 0.15) is 12.8 Å². The van der Waals surface area contributed by atoms with Gasteiger partial charge in [0.05, 0.1) is 12.5 Å². The molecule has 0 saturated carbocycles. The van der Waals surface area contributed by atoms with E-state index >= 15 is 0 Å². The molecular formula is C9H13N3O6. The number of rotatable bonds is 5. The first-order valence-electron chi connectivity index (χ1n) is 5.17. The van der Waals surface area contributed by atoms with E-state index in [1.807, 2.05) is 5.32 Å². The molecule has 1 heterocycles. The van der Waals surface area contributed by atoms with Crippen molar-refractivity contribution in [3.8, 4) is 0 Å². The summed E-state index contributed by atoms with van der Waals surface area (Å²) in [5.41, 5.74) is 0. The molecule has 100 valence electrons. The van der Waals surface area contributed by atoms with Gasteiger partial charge in [-0.05, 0) is 0 Å². The Labute approximate surface area is 102 Å². The predicted molar refractivity (Wildman–Crippen MR) is 56.8 cm³/mol. The molecular weight excluding hydrogens is 246 g/mol. The van der Waals surface area contributed by atoms with Crippen LogP contribution in [0, 0.1) is 0 Å². The van der Waals surface area contributed by atoms with E-state index in [2.05, 4.69) is 10.6 Å². The van der Waals surface area contributed by atoms with Crippen LogP contribution < -0.4 is 16.0 Å². The summed E-state index contributed by atoms with van der Waals surface area (Å²) in [6, 6.07) is -2.74. The third kappa shape index (κ3) is 4.28. The molecule has 5 N–H and O–H groups in total. The second-order valence-corrected chi connectivity index (χ2v) is 3.81. The van der Waals surface area contributed by atoms with Gasteiger partial charge in [0.15, 0.2) is 0 Å². The highest BCUT2D eigenvalue weighted by molar-refractivity contribution is 5.87. The number of nitrogens with one attached hydrogen (secondary N) is 3. The first-order valence-corrected chi connectivity index (χ1v) is 5.17. The zero-order valence-corrected chi connectivity index (χ0v) is 9.30. The first kappa shape index (κ1) is 13.7. The zero-order valence-electron chi connectivity index (χ0n) is 9.30. The van der Waals surface area contributed by atoms with Crippen LogP contribution in [0.5, 0.6) is 0 Å². The Morgan fingerprint density at radius 1 is 1.39 bits per heavy atom. The van der Waals surface area contributed by atoms with Gasteiger partial charge in [-0.3, -0.25) is 9.59 Å². The lowest BCUT2D eigenvalue weighted by Gasteiger charge is -2.15. The first-order chi connectivity index (χ1) is 8.38. The molecule has 0 aromatic rings. The van der Waals surface area contributed by atoms with Crippen LogP contribution >= 0.6 is 0 Å². The molecule has 1 rings (SSSR count). The second-order valence-electron chi connectivity index (χ2n) is 3.81. The molecule has 0 radical (unpaired) electrons. The average molecular weight is 259 g/mol. The second kappa shape index (κ2) is 5.84.